The second kappa shape index (κ2) is 4.06. The summed E-state index contributed by atoms with van der Waals surface area (Å²) in [5.41, 5.74) is 1.14. The number of carbonyl (C=O) groups is 1. The van der Waals surface area contributed by atoms with Crippen LogP contribution in [0.4, 0.5) is 0 Å². The van der Waals surface area contributed by atoms with Gasteiger partial charge in [-0.3, -0.25) is 4.79 Å². The molecule has 0 saturated carbocycles. The number of halogens is 1. The van der Waals surface area contributed by atoms with Gasteiger partial charge in [0.2, 0.25) is 0 Å². The van der Waals surface area contributed by atoms with Crippen molar-refractivity contribution in [1.29, 1.82) is 0 Å². The van der Waals surface area contributed by atoms with Crippen molar-refractivity contribution in [3.63, 3.8) is 0 Å². The highest BCUT2D eigenvalue weighted by atomic mass is 79.9. The van der Waals surface area contributed by atoms with Crippen molar-refractivity contribution in [2.24, 2.45) is 0 Å². The van der Waals surface area contributed by atoms with E-state index in [4.69, 9.17) is 4.74 Å². The smallest absolute Gasteiger partial charge is 0.130 e. The van der Waals surface area contributed by atoms with Gasteiger partial charge in [0.15, 0.2) is 0 Å². The molecule has 15 heavy (non-hydrogen) atoms. The number of rotatable bonds is 3. The Morgan fingerprint density at radius 3 is 2.40 bits per heavy atom. The van der Waals surface area contributed by atoms with Gasteiger partial charge in [0.05, 0.1) is 13.2 Å². The molecule has 0 radical (unpaired) electrons. The quantitative estimate of drug-likeness (QED) is 0.843. The lowest BCUT2D eigenvalue weighted by Gasteiger charge is -2.41. The fourth-order valence-electron chi connectivity index (χ4n) is 2.00. The molecule has 2 rings (SSSR count). The largest absolute Gasteiger partial charge is 0.379 e. The Kier molecular flexibility index (Phi) is 2.94. The van der Waals surface area contributed by atoms with Crippen LogP contribution in [0, 0.1) is 0 Å². The molecule has 2 nitrogen and oxygen atoms in total. The van der Waals surface area contributed by atoms with Crippen LogP contribution in [0.15, 0.2) is 28.7 Å². The highest BCUT2D eigenvalue weighted by Gasteiger charge is 2.41. The van der Waals surface area contributed by atoms with Crippen LogP contribution in [0.25, 0.3) is 0 Å². The van der Waals surface area contributed by atoms with Crippen LogP contribution in [-0.4, -0.2) is 19.0 Å². The van der Waals surface area contributed by atoms with Crippen molar-refractivity contribution in [2.45, 2.75) is 18.8 Å². The van der Waals surface area contributed by atoms with Crippen molar-refractivity contribution in [2.75, 3.05) is 13.2 Å². The van der Waals surface area contributed by atoms with E-state index in [0.717, 1.165) is 4.47 Å². The second-order valence-electron chi connectivity index (χ2n) is 4.16. The normalized spacial score (nSPS) is 18.3. The average Bonchev–Trinajstić information content (AvgIpc) is 2.13. The molecule has 0 N–H and O–H groups in total. The topological polar surface area (TPSA) is 26.3 Å². The van der Waals surface area contributed by atoms with Gasteiger partial charge in [-0.15, -0.1) is 0 Å². The van der Waals surface area contributed by atoms with E-state index in [0.29, 0.717) is 19.6 Å². The minimum absolute atomic E-state index is 0.0630. The maximum Gasteiger partial charge on any atom is 0.130 e. The summed E-state index contributed by atoms with van der Waals surface area (Å²) in [6.45, 7) is 2.96. The van der Waals surface area contributed by atoms with E-state index in [1.54, 1.807) is 6.92 Å². The third-order valence-electron chi connectivity index (χ3n) is 2.80. The van der Waals surface area contributed by atoms with Gasteiger partial charge < -0.3 is 4.74 Å². The van der Waals surface area contributed by atoms with E-state index in [2.05, 4.69) is 28.1 Å². The Morgan fingerprint density at radius 1 is 1.40 bits per heavy atom. The number of benzene rings is 1. The zero-order chi connectivity index (χ0) is 10.9. The number of ketones is 1. The van der Waals surface area contributed by atoms with Gasteiger partial charge in [-0.2, -0.15) is 0 Å². The standard InChI is InChI=1S/C12H13BrO2/c1-9(14)6-12(7-15-8-12)10-2-4-11(13)5-3-10/h2-5H,6-8H2,1H3. The van der Waals surface area contributed by atoms with Crippen LogP contribution in [0.5, 0.6) is 0 Å². The molecule has 1 aliphatic rings. The summed E-state index contributed by atoms with van der Waals surface area (Å²) in [5, 5.41) is 0. The molecule has 0 unspecified atom stereocenters. The molecule has 3 heteroatoms. The molecule has 1 fully saturated rings. The Hall–Kier alpha value is -0.670. The van der Waals surface area contributed by atoms with Gasteiger partial charge in [0, 0.05) is 16.3 Å². The molecular weight excluding hydrogens is 256 g/mol. The fraction of sp³-hybridized carbons (Fsp3) is 0.417. The van der Waals surface area contributed by atoms with Crippen LogP contribution in [0.2, 0.25) is 0 Å². The van der Waals surface area contributed by atoms with E-state index in [1.165, 1.54) is 5.56 Å². The lowest BCUT2D eigenvalue weighted by atomic mass is 9.75. The van der Waals surface area contributed by atoms with Gasteiger partial charge in [-0.05, 0) is 24.6 Å². The second-order valence-corrected chi connectivity index (χ2v) is 5.07. The van der Waals surface area contributed by atoms with Crippen LogP contribution in [-0.2, 0) is 14.9 Å². The SMILES string of the molecule is CC(=O)CC1(c2ccc(Br)cc2)COC1. The summed E-state index contributed by atoms with van der Waals surface area (Å²) in [6.07, 6.45) is 0.578. The van der Waals surface area contributed by atoms with Gasteiger partial charge in [0.1, 0.15) is 5.78 Å². The predicted octanol–water partition coefficient (Wildman–Crippen LogP) is 2.70. The summed E-state index contributed by atoms with van der Waals surface area (Å²) in [6, 6.07) is 8.15. The van der Waals surface area contributed by atoms with Crippen LogP contribution < -0.4 is 0 Å². The minimum Gasteiger partial charge on any atom is -0.379 e. The Morgan fingerprint density at radius 2 is 2.00 bits per heavy atom. The van der Waals surface area contributed by atoms with E-state index < -0.39 is 0 Å². The summed E-state index contributed by atoms with van der Waals surface area (Å²) in [5.74, 6) is 0.223. The van der Waals surface area contributed by atoms with Gasteiger partial charge in [0.25, 0.3) is 0 Å². The van der Waals surface area contributed by atoms with Crippen molar-refractivity contribution in [3.8, 4) is 0 Å². The first-order valence-corrected chi connectivity index (χ1v) is 5.75. The molecule has 0 spiro atoms. The third-order valence-corrected chi connectivity index (χ3v) is 3.33. The Bertz CT molecular complexity index is 366. The number of Topliss-reactive ketones (excluding diaryl/α,β-unsaturated/α-hetero) is 1. The summed E-state index contributed by atoms with van der Waals surface area (Å²) < 4.78 is 6.32. The molecule has 80 valence electrons. The predicted molar refractivity (Wildman–Crippen MR) is 61.9 cm³/mol. The monoisotopic (exact) mass is 268 g/mol. The third kappa shape index (κ3) is 2.13. The number of ether oxygens (including phenoxy) is 1. The molecule has 0 amide bonds. The maximum atomic E-state index is 11.2. The van der Waals surface area contributed by atoms with E-state index >= 15 is 0 Å². The fourth-order valence-corrected chi connectivity index (χ4v) is 2.26. The zero-order valence-electron chi connectivity index (χ0n) is 8.63. The van der Waals surface area contributed by atoms with Crippen molar-refractivity contribution < 1.29 is 9.53 Å². The molecule has 1 heterocycles. The lowest BCUT2D eigenvalue weighted by Crippen LogP contribution is -2.47. The molecule has 0 aliphatic carbocycles. The lowest BCUT2D eigenvalue weighted by molar-refractivity contribution is -0.125. The molecule has 1 saturated heterocycles. The number of carbonyl (C=O) groups excluding carboxylic acids is 1. The highest BCUT2D eigenvalue weighted by Crippen LogP contribution is 2.36. The van der Waals surface area contributed by atoms with Gasteiger partial charge >= 0.3 is 0 Å². The average molecular weight is 269 g/mol. The molecule has 0 bridgehead atoms. The molecule has 1 aliphatic heterocycles. The van der Waals surface area contributed by atoms with E-state index in [9.17, 15) is 4.79 Å². The molecule has 0 aromatic heterocycles. The first-order valence-electron chi connectivity index (χ1n) is 4.96. The first-order chi connectivity index (χ1) is 7.12. The van der Waals surface area contributed by atoms with Gasteiger partial charge in [-0.1, -0.05) is 28.1 Å². The summed E-state index contributed by atoms with van der Waals surface area (Å²) >= 11 is 3.40. The van der Waals surface area contributed by atoms with Crippen molar-refractivity contribution >= 4 is 21.7 Å². The van der Waals surface area contributed by atoms with E-state index in [1.807, 2.05) is 12.1 Å². The van der Waals surface area contributed by atoms with Crippen LogP contribution >= 0.6 is 15.9 Å². The highest BCUT2D eigenvalue weighted by molar-refractivity contribution is 9.10. The summed E-state index contributed by atoms with van der Waals surface area (Å²) in [7, 11) is 0. The first kappa shape index (κ1) is 10.8. The minimum atomic E-state index is -0.0630. The molecular formula is C12H13BrO2. The van der Waals surface area contributed by atoms with Crippen molar-refractivity contribution in [1.82, 2.24) is 0 Å². The zero-order valence-corrected chi connectivity index (χ0v) is 10.2. The number of hydrogen-bond donors (Lipinski definition) is 0. The van der Waals surface area contributed by atoms with Crippen molar-refractivity contribution in [3.05, 3.63) is 34.3 Å². The Labute approximate surface area is 97.8 Å². The van der Waals surface area contributed by atoms with Gasteiger partial charge in [-0.25, -0.2) is 0 Å². The van der Waals surface area contributed by atoms with Crippen LogP contribution in [0.1, 0.15) is 18.9 Å². The molecule has 0 atom stereocenters. The van der Waals surface area contributed by atoms with E-state index in [-0.39, 0.29) is 11.2 Å². The number of hydrogen-bond acceptors (Lipinski definition) is 2. The summed E-state index contributed by atoms with van der Waals surface area (Å²) in [4.78, 5) is 11.2. The maximum absolute atomic E-state index is 11.2. The molecule has 1 aromatic carbocycles. The Balaban J connectivity index is 2.26. The van der Waals surface area contributed by atoms with Crippen LogP contribution in [0.3, 0.4) is 0 Å². The molecule has 1 aromatic rings.